The predicted molar refractivity (Wildman–Crippen MR) is 73.5 cm³/mol. The summed E-state index contributed by atoms with van der Waals surface area (Å²) in [4.78, 5) is 30.1. The smallest absolute Gasteiger partial charge is 0.263 e. The SMILES string of the molecule is Cc1ccc(C)c(NC(=O)c2cnc(C)[nH]c2=O)c1. The highest BCUT2D eigenvalue weighted by atomic mass is 16.2. The molecule has 1 amide bonds. The number of rotatable bonds is 2. The van der Waals surface area contributed by atoms with E-state index in [9.17, 15) is 9.59 Å². The molecule has 19 heavy (non-hydrogen) atoms. The minimum absolute atomic E-state index is 0.00602. The fraction of sp³-hybridized carbons (Fsp3) is 0.214. The minimum atomic E-state index is -0.456. The lowest BCUT2D eigenvalue weighted by Crippen LogP contribution is -2.24. The van der Waals surface area contributed by atoms with Crippen LogP contribution in [-0.2, 0) is 0 Å². The summed E-state index contributed by atoms with van der Waals surface area (Å²) in [5.41, 5.74) is 2.25. The van der Waals surface area contributed by atoms with E-state index >= 15 is 0 Å². The molecule has 0 bridgehead atoms. The second-order valence-corrected chi connectivity index (χ2v) is 4.48. The molecule has 2 rings (SSSR count). The van der Waals surface area contributed by atoms with Gasteiger partial charge in [-0.05, 0) is 38.0 Å². The molecule has 0 spiro atoms. The first-order valence-electron chi connectivity index (χ1n) is 5.92. The largest absolute Gasteiger partial charge is 0.322 e. The van der Waals surface area contributed by atoms with Gasteiger partial charge in [0.1, 0.15) is 11.4 Å². The fourth-order valence-corrected chi connectivity index (χ4v) is 1.71. The maximum absolute atomic E-state index is 12.0. The van der Waals surface area contributed by atoms with Crippen LogP contribution in [0.4, 0.5) is 5.69 Å². The standard InChI is InChI=1S/C14H15N3O2/c1-8-4-5-9(2)12(6-8)17-14(19)11-7-15-10(3)16-13(11)18/h4-7H,1-3H3,(H,17,19)(H,15,16,18). The van der Waals surface area contributed by atoms with E-state index in [-0.39, 0.29) is 5.56 Å². The Hall–Kier alpha value is -2.43. The van der Waals surface area contributed by atoms with Crippen LogP contribution in [0.2, 0.25) is 0 Å². The summed E-state index contributed by atoms with van der Waals surface area (Å²) in [6.07, 6.45) is 1.29. The Labute approximate surface area is 110 Å². The minimum Gasteiger partial charge on any atom is -0.322 e. The summed E-state index contributed by atoms with van der Waals surface area (Å²) in [5.74, 6) is 0.0238. The molecule has 0 radical (unpaired) electrons. The zero-order chi connectivity index (χ0) is 14.0. The van der Waals surface area contributed by atoms with Crippen LogP contribution < -0.4 is 10.9 Å². The number of carbonyl (C=O) groups is 1. The molecule has 5 heteroatoms. The highest BCUT2D eigenvalue weighted by molar-refractivity contribution is 6.04. The summed E-state index contributed by atoms with van der Waals surface area (Å²) in [6, 6.07) is 5.75. The normalized spacial score (nSPS) is 10.3. The van der Waals surface area contributed by atoms with Crippen molar-refractivity contribution in [2.75, 3.05) is 5.32 Å². The van der Waals surface area contributed by atoms with Gasteiger partial charge in [-0.2, -0.15) is 0 Å². The molecule has 98 valence electrons. The Morgan fingerprint density at radius 1 is 1.26 bits per heavy atom. The van der Waals surface area contributed by atoms with Crippen molar-refractivity contribution in [2.24, 2.45) is 0 Å². The van der Waals surface area contributed by atoms with E-state index in [1.165, 1.54) is 6.20 Å². The summed E-state index contributed by atoms with van der Waals surface area (Å²) < 4.78 is 0. The van der Waals surface area contributed by atoms with E-state index in [0.717, 1.165) is 11.1 Å². The van der Waals surface area contributed by atoms with Crippen molar-refractivity contribution in [3.05, 3.63) is 57.3 Å². The lowest BCUT2D eigenvalue weighted by molar-refractivity contribution is 0.102. The van der Waals surface area contributed by atoms with Crippen LogP contribution in [0.1, 0.15) is 27.3 Å². The number of hydrogen-bond acceptors (Lipinski definition) is 3. The summed E-state index contributed by atoms with van der Waals surface area (Å²) in [7, 11) is 0. The molecular formula is C14H15N3O2. The van der Waals surface area contributed by atoms with Gasteiger partial charge in [-0.3, -0.25) is 9.59 Å². The van der Waals surface area contributed by atoms with Crippen LogP contribution in [0.25, 0.3) is 0 Å². The number of aryl methyl sites for hydroxylation is 3. The number of carbonyl (C=O) groups excluding carboxylic acids is 1. The van der Waals surface area contributed by atoms with Crippen LogP contribution in [0, 0.1) is 20.8 Å². The van der Waals surface area contributed by atoms with Gasteiger partial charge in [-0.1, -0.05) is 12.1 Å². The van der Waals surface area contributed by atoms with Crippen molar-refractivity contribution in [1.29, 1.82) is 0 Å². The van der Waals surface area contributed by atoms with Crippen LogP contribution in [-0.4, -0.2) is 15.9 Å². The molecule has 2 N–H and O–H groups in total. The molecule has 0 saturated carbocycles. The van der Waals surface area contributed by atoms with Gasteiger partial charge in [-0.15, -0.1) is 0 Å². The Balaban J connectivity index is 2.31. The second-order valence-electron chi connectivity index (χ2n) is 4.48. The average molecular weight is 257 g/mol. The van der Waals surface area contributed by atoms with E-state index in [1.54, 1.807) is 6.92 Å². The molecule has 0 atom stereocenters. The van der Waals surface area contributed by atoms with Crippen molar-refractivity contribution >= 4 is 11.6 Å². The number of hydrogen-bond donors (Lipinski definition) is 2. The number of anilines is 1. The lowest BCUT2D eigenvalue weighted by atomic mass is 10.1. The first-order chi connectivity index (χ1) is 8.97. The summed E-state index contributed by atoms with van der Waals surface area (Å²) in [5, 5.41) is 2.73. The Bertz CT molecular complexity index is 689. The van der Waals surface area contributed by atoms with Crippen molar-refractivity contribution in [3.63, 3.8) is 0 Å². The van der Waals surface area contributed by atoms with E-state index < -0.39 is 11.5 Å². The van der Waals surface area contributed by atoms with Gasteiger partial charge in [-0.25, -0.2) is 4.98 Å². The molecule has 1 aromatic carbocycles. The highest BCUT2D eigenvalue weighted by Crippen LogP contribution is 2.16. The zero-order valence-corrected chi connectivity index (χ0v) is 11.1. The third-order valence-electron chi connectivity index (χ3n) is 2.81. The van der Waals surface area contributed by atoms with Gasteiger partial charge in [0.25, 0.3) is 11.5 Å². The van der Waals surface area contributed by atoms with Crippen LogP contribution in [0.15, 0.2) is 29.2 Å². The molecular weight excluding hydrogens is 242 g/mol. The first-order valence-corrected chi connectivity index (χ1v) is 5.92. The average Bonchev–Trinajstić information content (AvgIpc) is 2.33. The Morgan fingerprint density at radius 2 is 2.00 bits per heavy atom. The number of benzene rings is 1. The van der Waals surface area contributed by atoms with Gasteiger partial charge in [0.15, 0.2) is 0 Å². The molecule has 0 aliphatic heterocycles. The molecule has 0 aliphatic rings. The number of H-pyrrole nitrogens is 1. The topological polar surface area (TPSA) is 74.8 Å². The van der Waals surface area contributed by atoms with Crippen molar-refractivity contribution in [1.82, 2.24) is 9.97 Å². The van der Waals surface area contributed by atoms with E-state index in [4.69, 9.17) is 0 Å². The maximum atomic E-state index is 12.0. The third-order valence-corrected chi connectivity index (χ3v) is 2.81. The Kier molecular flexibility index (Phi) is 3.46. The third kappa shape index (κ3) is 2.88. The Morgan fingerprint density at radius 3 is 2.68 bits per heavy atom. The van der Waals surface area contributed by atoms with Gasteiger partial charge in [0, 0.05) is 11.9 Å². The number of aromatic nitrogens is 2. The molecule has 0 unspecified atom stereocenters. The number of nitrogens with one attached hydrogen (secondary N) is 2. The van der Waals surface area contributed by atoms with E-state index in [1.807, 2.05) is 32.0 Å². The van der Waals surface area contributed by atoms with E-state index in [0.29, 0.717) is 11.5 Å². The van der Waals surface area contributed by atoms with Crippen LogP contribution in [0.5, 0.6) is 0 Å². The molecule has 2 aromatic rings. The summed E-state index contributed by atoms with van der Waals surface area (Å²) >= 11 is 0. The van der Waals surface area contributed by atoms with E-state index in [2.05, 4.69) is 15.3 Å². The predicted octanol–water partition coefficient (Wildman–Crippen LogP) is 1.95. The van der Waals surface area contributed by atoms with Crippen LogP contribution >= 0.6 is 0 Å². The number of aromatic amines is 1. The van der Waals surface area contributed by atoms with Gasteiger partial charge >= 0.3 is 0 Å². The number of nitrogens with zero attached hydrogens (tertiary/aromatic N) is 1. The van der Waals surface area contributed by atoms with Gasteiger partial charge in [0.2, 0.25) is 0 Å². The molecule has 1 heterocycles. The second kappa shape index (κ2) is 5.06. The number of amides is 1. The van der Waals surface area contributed by atoms with Crippen molar-refractivity contribution < 1.29 is 4.79 Å². The zero-order valence-electron chi connectivity index (χ0n) is 11.1. The van der Waals surface area contributed by atoms with Crippen molar-refractivity contribution in [3.8, 4) is 0 Å². The highest BCUT2D eigenvalue weighted by Gasteiger charge is 2.12. The molecule has 1 aromatic heterocycles. The maximum Gasteiger partial charge on any atom is 0.263 e. The molecule has 0 saturated heterocycles. The fourth-order valence-electron chi connectivity index (χ4n) is 1.71. The lowest BCUT2D eigenvalue weighted by Gasteiger charge is -2.08. The molecule has 5 nitrogen and oxygen atoms in total. The summed E-state index contributed by atoms with van der Waals surface area (Å²) in [6.45, 7) is 5.50. The van der Waals surface area contributed by atoms with Crippen LogP contribution in [0.3, 0.4) is 0 Å². The van der Waals surface area contributed by atoms with Gasteiger partial charge in [0.05, 0.1) is 0 Å². The molecule has 0 fully saturated rings. The quantitative estimate of drug-likeness (QED) is 0.863. The first kappa shape index (κ1) is 13.0. The van der Waals surface area contributed by atoms with Gasteiger partial charge < -0.3 is 10.3 Å². The van der Waals surface area contributed by atoms with Crippen molar-refractivity contribution in [2.45, 2.75) is 20.8 Å². The molecule has 0 aliphatic carbocycles. The monoisotopic (exact) mass is 257 g/mol.